The number of rotatable bonds is 2. The third-order valence-electron chi connectivity index (χ3n) is 2.08. The molecule has 0 atom stereocenters. The lowest BCUT2D eigenvalue weighted by Crippen LogP contribution is -2.15. The fourth-order valence-electron chi connectivity index (χ4n) is 1.26. The first-order valence-electron chi connectivity index (χ1n) is 4.61. The van der Waals surface area contributed by atoms with Crippen LogP contribution in [-0.2, 0) is 6.18 Å². The molecule has 0 bridgehead atoms. The van der Waals surface area contributed by atoms with E-state index in [9.17, 15) is 13.2 Å². The molecule has 9 heteroatoms. The second-order valence-corrected chi connectivity index (χ2v) is 3.74. The molecule has 0 spiro atoms. The maximum Gasteiger partial charge on any atom is 0.419 e. The summed E-state index contributed by atoms with van der Waals surface area (Å²) in [6.07, 6.45) is -0.462. The average molecular weight is 273 g/mol. The van der Waals surface area contributed by atoms with Crippen LogP contribution in [0.15, 0.2) is 24.9 Å². The minimum Gasteiger partial charge on any atom is -0.389 e. The van der Waals surface area contributed by atoms with Crippen molar-refractivity contribution in [3.8, 4) is 5.82 Å². The van der Waals surface area contributed by atoms with Crippen molar-refractivity contribution in [3.63, 3.8) is 0 Å². The monoisotopic (exact) mass is 273 g/mol. The van der Waals surface area contributed by atoms with Crippen LogP contribution < -0.4 is 5.73 Å². The average Bonchev–Trinajstić information content (AvgIpc) is 2.77. The van der Waals surface area contributed by atoms with Crippen LogP contribution in [0.5, 0.6) is 0 Å². The topological polar surface area (TPSA) is 69.6 Å². The summed E-state index contributed by atoms with van der Waals surface area (Å²) in [5.74, 6) is 0.105. The van der Waals surface area contributed by atoms with Gasteiger partial charge in [0.15, 0.2) is 5.82 Å². The van der Waals surface area contributed by atoms with Crippen molar-refractivity contribution in [2.75, 3.05) is 0 Å². The molecule has 18 heavy (non-hydrogen) atoms. The van der Waals surface area contributed by atoms with Crippen LogP contribution in [0.2, 0.25) is 0 Å². The smallest absolute Gasteiger partial charge is 0.389 e. The highest BCUT2D eigenvalue weighted by molar-refractivity contribution is 7.80. The van der Waals surface area contributed by atoms with Gasteiger partial charge in [-0.3, -0.25) is 0 Å². The summed E-state index contributed by atoms with van der Waals surface area (Å²) in [4.78, 5) is 7.51. The number of thiocarbonyl (C=S) groups is 1. The van der Waals surface area contributed by atoms with Crippen molar-refractivity contribution in [2.24, 2.45) is 5.73 Å². The molecule has 94 valence electrons. The molecule has 0 aromatic carbocycles. The summed E-state index contributed by atoms with van der Waals surface area (Å²) in [6.45, 7) is 0. The van der Waals surface area contributed by atoms with E-state index in [0.717, 1.165) is 10.9 Å². The van der Waals surface area contributed by atoms with E-state index >= 15 is 0 Å². The number of halogens is 3. The molecule has 2 heterocycles. The van der Waals surface area contributed by atoms with Crippen LogP contribution in [0.1, 0.15) is 11.1 Å². The van der Waals surface area contributed by atoms with Crippen LogP contribution in [0.25, 0.3) is 5.82 Å². The first-order chi connectivity index (χ1) is 8.39. The molecule has 0 unspecified atom stereocenters. The Labute approximate surface area is 104 Å². The highest BCUT2D eigenvalue weighted by Crippen LogP contribution is 2.29. The summed E-state index contributed by atoms with van der Waals surface area (Å²) in [6, 6.07) is 0. The number of hydrogen-bond acceptors (Lipinski definition) is 4. The Balaban J connectivity index is 2.50. The van der Waals surface area contributed by atoms with Gasteiger partial charge in [0.25, 0.3) is 0 Å². The van der Waals surface area contributed by atoms with E-state index in [1.165, 1.54) is 12.5 Å². The normalized spacial score (nSPS) is 11.5. The van der Waals surface area contributed by atoms with Crippen LogP contribution in [0, 0.1) is 0 Å². The number of alkyl halides is 3. The SMILES string of the molecule is NC(=S)c1cncnc1-n1cc(C(F)(F)F)cn1. The molecule has 2 N–H and O–H groups in total. The largest absolute Gasteiger partial charge is 0.419 e. The molecule has 0 radical (unpaired) electrons. The van der Waals surface area contributed by atoms with E-state index in [1.807, 2.05) is 0 Å². The first-order valence-corrected chi connectivity index (χ1v) is 5.02. The summed E-state index contributed by atoms with van der Waals surface area (Å²) in [5.41, 5.74) is 4.81. The summed E-state index contributed by atoms with van der Waals surface area (Å²) in [7, 11) is 0. The number of nitrogens with two attached hydrogens (primary N) is 1. The molecule has 2 aromatic heterocycles. The van der Waals surface area contributed by atoms with Gasteiger partial charge in [0.1, 0.15) is 11.3 Å². The van der Waals surface area contributed by atoms with Crippen LogP contribution in [0.4, 0.5) is 13.2 Å². The predicted octanol–water partition coefficient (Wildman–Crippen LogP) is 1.32. The Morgan fingerprint density at radius 3 is 2.61 bits per heavy atom. The summed E-state index contributed by atoms with van der Waals surface area (Å²) >= 11 is 4.76. The Kier molecular flexibility index (Phi) is 2.99. The zero-order chi connectivity index (χ0) is 13.3. The molecule has 0 aliphatic heterocycles. The van der Waals surface area contributed by atoms with Gasteiger partial charge in [0, 0.05) is 12.4 Å². The molecule has 5 nitrogen and oxygen atoms in total. The lowest BCUT2D eigenvalue weighted by molar-refractivity contribution is -0.137. The van der Waals surface area contributed by atoms with Gasteiger partial charge in [0.05, 0.1) is 17.3 Å². The third-order valence-corrected chi connectivity index (χ3v) is 2.30. The Hall–Kier alpha value is -2.03. The van der Waals surface area contributed by atoms with Crippen molar-refractivity contribution in [1.82, 2.24) is 19.7 Å². The summed E-state index contributed by atoms with van der Waals surface area (Å²) < 4.78 is 38.3. The Morgan fingerprint density at radius 2 is 2.06 bits per heavy atom. The van der Waals surface area contributed by atoms with E-state index in [1.54, 1.807) is 0 Å². The second-order valence-electron chi connectivity index (χ2n) is 3.30. The maximum absolute atomic E-state index is 12.4. The van der Waals surface area contributed by atoms with Gasteiger partial charge in [-0.2, -0.15) is 18.3 Å². The minimum atomic E-state index is -4.46. The zero-order valence-corrected chi connectivity index (χ0v) is 9.53. The lowest BCUT2D eigenvalue weighted by Gasteiger charge is -2.05. The number of hydrogen-bond donors (Lipinski definition) is 1. The van der Waals surface area contributed by atoms with Gasteiger partial charge in [-0.25, -0.2) is 14.6 Å². The van der Waals surface area contributed by atoms with Gasteiger partial charge >= 0.3 is 6.18 Å². The molecule has 0 saturated carbocycles. The van der Waals surface area contributed by atoms with Crippen molar-refractivity contribution < 1.29 is 13.2 Å². The number of nitrogens with zero attached hydrogens (tertiary/aromatic N) is 4. The Bertz CT molecular complexity index is 592. The molecule has 0 aliphatic rings. The molecular formula is C9H6F3N5S. The first kappa shape index (κ1) is 12.4. The quantitative estimate of drug-likeness (QED) is 0.836. The molecule has 0 amide bonds. The van der Waals surface area contributed by atoms with Crippen LogP contribution in [0.3, 0.4) is 0 Å². The molecule has 0 saturated heterocycles. The molecule has 0 aliphatic carbocycles. The predicted molar refractivity (Wildman–Crippen MR) is 60.0 cm³/mol. The van der Waals surface area contributed by atoms with E-state index in [-0.39, 0.29) is 16.4 Å². The van der Waals surface area contributed by atoms with E-state index in [4.69, 9.17) is 18.0 Å². The minimum absolute atomic E-state index is 0.0188. The molecule has 2 aromatic rings. The highest BCUT2D eigenvalue weighted by Gasteiger charge is 2.32. The standard InChI is InChI=1S/C9H6F3N5S/c10-9(11,12)5-1-16-17(3-5)8-6(7(13)18)2-14-4-15-8/h1-4H,(H2,13,18). The third kappa shape index (κ3) is 2.30. The van der Waals surface area contributed by atoms with E-state index in [0.29, 0.717) is 6.20 Å². The van der Waals surface area contributed by atoms with Crippen LogP contribution >= 0.6 is 12.2 Å². The van der Waals surface area contributed by atoms with E-state index < -0.39 is 11.7 Å². The van der Waals surface area contributed by atoms with Crippen LogP contribution in [-0.4, -0.2) is 24.7 Å². The van der Waals surface area contributed by atoms with Crippen molar-refractivity contribution >= 4 is 17.2 Å². The highest BCUT2D eigenvalue weighted by atomic mass is 32.1. The number of aromatic nitrogens is 4. The van der Waals surface area contributed by atoms with Gasteiger partial charge in [-0.1, -0.05) is 12.2 Å². The lowest BCUT2D eigenvalue weighted by atomic mass is 10.3. The second kappa shape index (κ2) is 4.33. The fraction of sp³-hybridized carbons (Fsp3) is 0.111. The molecule has 0 fully saturated rings. The van der Waals surface area contributed by atoms with E-state index in [2.05, 4.69) is 15.1 Å². The van der Waals surface area contributed by atoms with Crippen molar-refractivity contribution in [1.29, 1.82) is 0 Å². The fourth-order valence-corrected chi connectivity index (χ4v) is 1.41. The van der Waals surface area contributed by atoms with Gasteiger partial charge in [0.2, 0.25) is 0 Å². The van der Waals surface area contributed by atoms with Crippen molar-refractivity contribution in [3.05, 3.63) is 36.0 Å². The Morgan fingerprint density at radius 1 is 1.33 bits per heavy atom. The summed E-state index contributed by atoms with van der Waals surface area (Å²) in [5, 5.41) is 3.59. The van der Waals surface area contributed by atoms with Gasteiger partial charge in [-0.15, -0.1) is 0 Å². The molecule has 2 rings (SSSR count). The zero-order valence-electron chi connectivity index (χ0n) is 8.72. The van der Waals surface area contributed by atoms with Crippen molar-refractivity contribution in [2.45, 2.75) is 6.18 Å². The van der Waals surface area contributed by atoms with Gasteiger partial charge in [-0.05, 0) is 0 Å². The molecular weight excluding hydrogens is 267 g/mol. The van der Waals surface area contributed by atoms with Gasteiger partial charge < -0.3 is 5.73 Å². The maximum atomic E-state index is 12.4.